The van der Waals surface area contributed by atoms with Crippen molar-refractivity contribution in [3.63, 3.8) is 0 Å². The first kappa shape index (κ1) is 17.7. The van der Waals surface area contributed by atoms with Gasteiger partial charge in [0.2, 0.25) is 0 Å². The minimum atomic E-state index is -1.09. The van der Waals surface area contributed by atoms with Gasteiger partial charge >= 0.3 is 19.1 Å². The van der Waals surface area contributed by atoms with E-state index in [2.05, 4.69) is 0 Å². The molecule has 0 amide bonds. The molecule has 0 aromatic rings. The molecule has 0 bridgehead atoms. The Morgan fingerprint density at radius 1 is 1.05 bits per heavy atom. The molecule has 0 aromatic heterocycles. The number of allylic oxidation sites excluding steroid dienone is 2. The Hall–Kier alpha value is -1.34. The summed E-state index contributed by atoms with van der Waals surface area (Å²) in [5.74, 6) is -1.22. The lowest BCUT2D eigenvalue weighted by Crippen LogP contribution is -2.40. The molecular weight excluding hydrogens is 275 g/mol. The maximum Gasteiger partial charge on any atom is 0.462 e. The maximum absolute atomic E-state index is 12.0. The van der Waals surface area contributed by atoms with E-state index in [1.54, 1.807) is 27.7 Å². The molecular formula is C14H23BO6. The molecule has 6 nitrogen and oxygen atoms in total. The van der Waals surface area contributed by atoms with Crippen molar-refractivity contribution in [2.24, 2.45) is 0 Å². The Morgan fingerprint density at radius 3 is 1.81 bits per heavy atom. The van der Waals surface area contributed by atoms with Crippen LogP contribution in [0.4, 0.5) is 0 Å². The molecule has 118 valence electrons. The zero-order valence-corrected chi connectivity index (χ0v) is 13.2. The quantitative estimate of drug-likeness (QED) is 0.422. The first-order valence-electron chi connectivity index (χ1n) is 7.18. The highest BCUT2D eigenvalue weighted by Gasteiger charge is 2.48. The third-order valence-corrected chi connectivity index (χ3v) is 2.60. The molecule has 0 aromatic carbocycles. The maximum atomic E-state index is 12.0. The summed E-state index contributed by atoms with van der Waals surface area (Å²) in [6.07, 6.45) is 1.37. The molecule has 1 aliphatic heterocycles. The summed E-state index contributed by atoms with van der Waals surface area (Å²) in [7, 11) is -0.657. The Balaban J connectivity index is 2.78. The van der Waals surface area contributed by atoms with Crippen molar-refractivity contribution >= 4 is 19.1 Å². The van der Waals surface area contributed by atoms with Crippen molar-refractivity contribution in [3.8, 4) is 0 Å². The lowest BCUT2D eigenvalue weighted by atomic mass is 9.85. The summed E-state index contributed by atoms with van der Waals surface area (Å²) in [5.41, 5.74) is 0. The van der Waals surface area contributed by atoms with Crippen molar-refractivity contribution in [1.82, 2.24) is 0 Å². The zero-order chi connectivity index (χ0) is 16.0. The van der Waals surface area contributed by atoms with E-state index in [1.807, 2.05) is 19.1 Å². The molecule has 1 saturated heterocycles. The van der Waals surface area contributed by atoms with Crippen LogP contribution in [0.2, 0.25) is 6.32 Å². The van der Waals surface area contributed by atoms with Gasteiger partial charge in [0.15, 0.2) is 12.2 Å². The third-order valence-electron chi connectivity index (χ3n) is 2.60. The van der Waals surface area contributed by atoms with Gasteiger partial charge in [0.25, 0.3) is 0 Å². The topological polar surface area (TPSA) is 71.1 Å². The summed E-state index contributed by atoms with van der Waals surface area (Å²) in [4.78, 5) is 24.0. The molecule has 2 unspecified atom stereocenters. The third kappa shape index (κ3) is 5.51. The first-order valence-corrected chi connectivity index (χ1v) is 7.18. The Labute approximate surface area is 125 Å². The van der Waals surface area contributed by atoms with Gasteiger partial charge in [-0.2, -0.15) is 0 Å². The van der Waals surface area contributed by atoms with Crippen LogP contribution < -0.4 is 0 Å². The highest BCUT2D eigenvalue weighted by atomic mass is 16.7. The fourth-order valence-corrected chi connectivity index (χ4v) is 1.82. The second-order valence-electron chi connectivity index (χ2n) is 5.32. The monoisotopic (exact) mass is 298 g/mol. The van der Waals surface area contributed by atoms with E-state index < -0.39 is 31.3 Å². The van der Waals surface area contributed by atoms with Crippen molar-refractivity contribution in [1.29, 1.82) is 0 Å². The summed E-state index contributed by atoms with van der Waals surface area (Å²) >= 11 is 0. The van der Waals surface area contributed by atoms with E-state index in [4.69, 9.17) is 18.8 Å². The Morgan fingerprint density at radius 2 is 1.48 bits per heavy atom. The van der Waals surface area contributed by atoms with E-state index in [0.29, 0.717) is 6.32 Å². The number of hydrogen-bond donors (Lipinski definition) is 0. The van der Waals surface area contributed by atoms with Gasteiger partial charge in [0, 0.05) is 6.32 Å². The van der Waals surface area contributed by atoms with Crippen molar-refractivity contribution in [3.05, 3.63) is 12.2 Å². The molecule has 0 aliphatic carbocycles. The van der Waals surface area contributed by atoms with E-state index in [-0.39, 0.29) is 12.2 Å². The van der Waals surface area contributed by atoms with Crippen LogP contribution in [-0.2, 0) is 28.4 Å². The van der Waals surface area contributed by atoms with Gasteiger partial charge < -0.3 is 18.8 Å². The second kappa shape index (κ2) is 8.19. The van der Waals surface area contributed by atoms with Gasteiger partial charge in [-0.3, -0.25) is 0 Å². The van der Waals surface area contributed by atoms with E-state index in [9.17, 15) is 9.59 Å². The lowest BCUT2D eigenvalue weighted by molar-refractivity contribution is -0.167. The second-order valence-corrected chi connectivity index (χ2v) is 5.32. The number of hydrogen-bond acceptors (Lipinski definition) is 6. The summed E-state index contributed by atoms with van der Waals surface area (Å²) in [5, 5.41) is 0. The zero-order valence-electron chi connectivity index (χ0n) is 13.2. The van der Waals surface area contributed by atoms with Gasteiger partial charge in [-0.1, -0.05) is 12.2 Å². The van der Waals surface area contributed by atoms with Crippen LogP contribution in [0.3, 0.4) is 0 Å². The molecule has 1 rings (SSSR count). The summed E-state index contributed by atoms with van der Waals surface area (Å²) in [6, 6.07) is 0. The smallest absolute Gasteiger partial charge is 0.461 e. The number of ether oxygens (including phenoxy) is 2. The summed E-state index contributed by atoms with van der Waals surface area (Å²) in [6.45, 7) is 8.78. The van der Waals surface area contributed by atoms with Crippen LogP contribution in [0, 0.1) is 0 Å². The van der Waals surface area contributed by atoms with Crippen LogP contribution in [0.1, 0.15) is 34.6 Å². The average Bonchev–Trinajstić information content (AvgIpc) is 2.79. The summed E-state index contributed by atoms with van der Waals surface area (Å²) < 4.78 is 21.2. The highest BCUT2D eigenvalue weighted by Crippen LogP contribution is 2.23. The molecule has 0 radical (unpaired) electrons. The van der Waals surface area contributed by atoms with Crippen LogP contribution in [0.5, 0.6) is 0 Å². The Bertz CT molecular complexity index is 363. The van der Waals surface area contributed by atoms with Gasteiger partial charge in [0.05, 0.1) is 12.2 Å². The predicted molar refractivity (Wildman–Crippen MR) is 77.6 cm³/mol. The van der Waals surface area contributed by atoms with E-state index >= 15 is 0 Å². The van der Waals surface area contributed by atoms with Crippen LogP contribution in [-0.4, -0.2) is 43.5 Å². The number of rotatable bonds is 6. The predicted octanol–water partition coefficient (Wildman–Crippen LogP) is 1.74. The normalized spacial score (nSPS) is 22.3. The standard InChI is InChI=1S/C14H23BO6/c1-6-7-8-15-20-11(13(16)18-9(2)3)12(21-15)14(17)19-10(4)5/h6-7,9-12H,8H2,1-5H3. The highest BCUT2D eigenvalue weighted by molar-refractivity contribution is 6.46. The van der Waals surface area contributed by atoms with Crippen LogP contribution in [0.15, 0.2) is 12.2 Å². The molecule has 7 heteroatoms. The lowest BCUT2D eigenvalue weighted by Gasteiger charge is -2.18. The van der Waals surface area contributed by atoms with Crippen LogP contribution in [0.25, 0.3) is 0 Å². The molecule has 21 heavy (non-hydrogen) atoms. The molecule has 0 saturated carbocycles. The van der Waals surface area contributed by atoms with Gasteiger partial charge in [-0.15, -0.1) is 0 Å². The molecule has 1 heterocycles. The molecule has 2 atom stereocenters. The Kier molecular flexibility index (Phi) is 6.91. The molecule has 0 N–H and O–H groups in total. The first-order chi connectivity index (χ1) is 9.85. The molecule has 0 spiro atoms. The van der Waals surface area contributed by atoms with Gasteiger partial charge in [0.1, 0.15) is 0 Å². The molecule has 1 aliphatic rings. The van der Waals surface area contributed by atoms with Crippen molar-refractivity contribution in [2.75, 3.05) is 0 Å². The SMILES string of the molecule is CC=CCB1OC(C(=O)OC(C)C)C(C(=O)OC(C)C)O1. The molecule has 1 fully saturated rings. The van der Waals surface area contributed by atoms with Gasteiger partial charge in [-0.05, 0) is 34.6 Å². The number of carbonyl (C=O) groups is 2. The largest absolute Gasteiger partial charge is 0.462 e. The van der Waals surface area contributed by atoms with Crippen molar-refractivity contribution < 1.29 is 28.4 Å². The average molecular weight is 298 g/mol. The fraction of sp³-hybridized carbons (Fsp3) is 0.714. The van der Waals surface area contributed by atoms with Crippen molar-refractivity contribution in [2.45, 2.75) is 65.4 Å². The van der Waals surface area contributed by atoms with E-state index in [1.165, 1.54) is 0 Å². The van der Waals surface area contributed by atoms with Crippen LogP contribution >= 0.6 is 0 Å². The number of esters is 2. The van der Waals surface area contributed by atoms with E-state index in [0.717, 1.165) is 0 Å². The fourth-order valence-electron chi connectivity index (χ4n) is 1.82. The van der Waals surface area contributed by atoms with Gasteiger partial charge in [-0.25, -0.2) is 9.59 Å². The minimum absolute atomic E-state index is 0.294. The minimum Gasteiger partial charge on any atom is -0.461 e. The number of carbonyl (C=O) groups excluding carboxylic acids is 2.